The lowest BCUT2D eigenvalue weighted by Crippen LogP contribution is -2.53. The van der Waals surface area contributed by atoms with Gasteiger partial charge in [0.2, 0.25) is 17.7 Å². The number of likely N-dealkylation sites (tertiary alicyclic amines) is 1. The summed E-state index contributed by atoms with van der Waals surface area (Å²) in [5.41, 5.74) is 0.352. The van der Waals surface area contributed by atoms with E-state index in [0.29, 0.717) is 21.8 Å². The van der Waals surface area contributed by atoms with E-state index in [1.165, 1.54) is 17.0 Å². The summed E-state index contributed by atoms with van der Waals surface area (Å²) in [6, 6.07) is 10.5. The van der Waals surface area contributed by atoms with Crippen LogP contribution >= 0.6 is 11.6 Å². The summed E-state index contributed by atoms with van der Waals surface area (Å²) in [6.45, 7) is 3.95. The lowest BCUT2D eigenvalue weighted by Gasteiger charge is -2.30. The molecule has 3 amide bonds. The highest BCUT2D eigenvalue weighted by atomic mass is 35.5. The number of benzene rings is 2. The van der Waals surface area contributed by atoms with Crippen molar-refractivity contribution in [2.45, 2.75) is 32.0 Å². The average Bonchev–Trinajstić information content (AvgIpc) is 3.32. The zero-order valence-electron chi connectivity index (χ0n) is 17.0. The standard InChI is InChI=1S/C23H21ClFN3O3/c1-11(2)18-16-17(21(30)28(20(16)29)10-12-6-8-13(25)9-7-12)23(27-18)14-4-3-5-15(24)19(14)26-22(23)31/h3-9,11,16-18,27H,10H2,1-2H3,(H,26,31)/t16-,17+,18-,23-/m0/s1. The van der Waals surface area contributed by atoms with E-state index < -0.39 is 23.3 Å². The normalized spacial score (nSPS) is 29.1. The molecule has 0 saturated carbocycles. The Labute approximate surface area is 183 Å². The summed E-state index contributed by atoms with van der Waals surface area (Å²) in [7, 11) is 0. The molecule has 160 valence electrons. The molecule has 0 aromatic heterocycles. The molecule has 2 aromatic carbocycles. The molecule has 0 bridgehead atoms. The largest absolute Gasteiger partial charge is 0.323 e. The first-order valence-electron chi connectivity index (χ1n) is 10.2. The zero-order chi connectivity index (χ0) is 22.1. The molecular formula is C23H21ClFN3O3. The number of fused-ring (bicyclic) bond motifs is 4. The number of halogens is 2. The van der Waals surface area contributed by atoms with Gasteiger partial charge in [-0.15, -0.1) is 0 Å². The van der Waals surface area contributed by atoms with Crippen molar-refractivity contribution in [3.63, 3.8) is 0 Å². The topological polar surface area (TPSA) is 78.5 Å². The Balaban J connectivity index is 1.61. The lowest BCUT2D eigenvalue weighted by molar-refractivity contribution is -0.143. The van der Waals surface area contributed by atoms with Crippen LogP contribution in [0.5, 0.6) is 0 Å². The molecule has 0 aliphatic carbocycles. The predicted molar refractivity (Wildman–Crippen MR) is 112 cm³/mol. The molecule has 2 N–H and O–H groups in total. The molecule has 31 heavy (non-hydrogen) atoms. The Bertz CT molecular complexity index is 1120. The van der Waals surface area contributed by atoms with Gasteiger partial charge in [0.15, 0.2) is 0 Å². The predicted octanol–water partition coefficient (Wildman–Crippen LogP) is 3.06. The minimum absolute atomic E-state index is 0.00503. The molecule has 0 radical (unpaired) electrons. The number of rotatable bonds is 3. The van der Waals surface area contributed by atoms with Crippen molar-refractivity contribution in [3.8, 4) is 0 Å². The molecule has 0 unspecified atom stereocenters. The summed E-state index contributed by atoms with van der Waals surface area (Å²) < 4.78 is 13.3. The number of carbonyl (C=O) groups excluding carboxylic acids is 3. The van der Waals surface area contributed by atoms with Gasteiger partial charge in [-0.2, -0.15) is 0 Å². The molecule has 2 saturated heterocycles. The second-order valence-electron chi connectivity index (χ2n) is 8.73. The van der Waals surface area contributed by atoms with Crippen LogP contribution in [0.2, 0.25) is 5.02 Å². The van der Waals surface area contributed by atoms with Crippen molar-refractivity contribution in [2.24, 2.45) is 17.8 Å². The second kappa shape index (κ2) is 6.87. The fraction of sp³-hybridized carbons (Fsp3) is 0.348. The molecule has 2 fully saturated rings. The number of anilines is 1. The monoisotopic (exact) mass is 441 g/mol. The molecular weight excluding hydrogens is 421 g/mol. The van der Waals surface area contributed by atoms with Gasteiger partial charge in [-0.1, -0.05) is 49.7 Å². The summed E-state index contributed by atoms with van der Waals surface area (Å²) in [4.78, 5) is 41.6. The molecule has 1 spiro atoms. The molecule has 3 aliphatic rings. The second-order valence-corrected chi connectivity index (χ2v) is 9.14. The van der Waals surface area contributed by atoms with Gasteiger partial charge < -0.3 is 5.32 Å². The Kier molecular flexibility index (Phi) is 4.46. The third-order valence-corrected chi connectivity index (χ3v) is 7.01. The number of hydrogen-bond acceptors (Lipinski definition) is 4. The van der Waals surface area contributed by atoms with Gasteiger partial charge in [0, 0.05) is 11.6 Å². The van der Waals surface area contributed by atoms with E-state index in [2.05, 4.69) is 10.6 Å². The van der Waals surface area contributed by atoms with E-state index in [1.807, 2.05) is 13.8 Å². The van der Waals surface area contributed by atoms with Gasteiger partial charge in [-0.05, 0) is 29.7 Å². The molecule has 2 aromatic rings. The maximum absolute atomic E-state index is 13.6. The van der Waals surface area contributed by atoms with E-state index in [4.69, 9.17) is 11.6 Å². The smallest absolute Gasteiger partial charge is 0.250 e. The van der Waals surface area contributed by atoms with Crippen molar-refractivity contribution in [2.75, 3.05) is 5.32 Å². The van der Waals surface area contributed by atoms with Crippen molar-refractivity contribution >= 4 is 35.0 Å². The van der Waals surface area contributed by atoms with Crippen LogP contribution in [0.25, 0.3) is 0 Å². The molecule has 6 nitrogen and oxygen atoms in total. The number of para-hydroxylation sites is 1. The summed E-state index contributed by atoms with van der Waals surface area (Å²) in [5, 5.41) is 6.57. The summed E-state index contributed by atoms with van der Waals surface area (Å²) in [5.74, 6) is -3.04. The fourth-order valence-electron chi connectivity index (χ4n) is 5.29. The van der Waals surface area contributed by atoms with Gasteiger partial charge in [0.05, 0.1) is 29.1 Å². The summed E-state index contributed by atoms with van der Waals surface area (Å²) in [6.07, 6.45) is 0. The van der Waals surface area contributed by atoms with Crippen molar-refractivity contribution < 1.29 is 18.8 Å². The maximum atomic E-state index is 13.6. The first-order chi connectivity index (χ1) is 14.8. The van der Waals surface area contributed by atoms with Gasteiger partial charge in [-0.25, -0.2) is 4.39 Å². The van der Waals surface area contributed by atoms with Crippen LogP contribution in [0.4, 0.5) is 10.1 Å². The SMILES string of the molecule is CC(C)[C@@H]1N[C@]2(C(=O)Nc3c(Cl)cccc32)[C@H]2C(=O)N(Cc3ccc(F)cc3)C(=O)[C@H]12. The zero-order valence-corrected chi connectivity index (χ0v) is 17.7. The van der Waals surface area contributed by atoms with Crippen molar-refractivity contribution in [3.05, 3.63) is 64.4 Å². The number of imide groups is 1. The van der Waals surface area contributed by atoms with E-state index in [0.717, 1.165) is 0 Å². The third kappa shape index (κ3) is 2.69. The number of hydrogen-bond donors (Lipinski definition) is 2. The first-order valence-corrected chi connectivity index (χ1v) is 10.6. The molecule has 3 heterocycles. The quantitative estimate of drug-likeness (QED) is 0.717. The Hall–Kier alpha value is -2.77. The first kappa shape index (κ1) is 20.2. The molecule has 3 aliphatic heterocycles. The van der Waals surface area contributed by atoms with Gasteiger partial charge in [-0.3, -0.25) is 24.6 Å². The molecule has 5 rings (SSSR count). The molecule has 4 atom stereocenters. The average molecular weight is 442 g/mol. The van der Waals surface area contributed by atoms with E-state index in [-0.39, 0.29) is 36.1 Å². The minimum Gasteiger partial charge on any atom is -0.323 e. The minimum atomic E-state index is -1.36. The number of carbonyl (C=O) groups is 3. The Morgan fingerprint density at radius 1 is 1.10 bits per heavy atom. The lowest BCUT2D eigenvalue weighted by atomic mass is 9.76. The van der Waals surface area contributed by atoms with Gasteiger partial charge in [0.1, 0.15) is 11.4 Å². The highest BCUT2D eigenvalue weighted by molar-refractivity contribution is 6.35. The fourth-order valence-corrected chi connectivity index (χ4v) is 5.51. The number of nitrogens with one attached hydrogen (secondary N) is 2. The van der Waals surface area contributed by atoms with Crippen LogP contribution in [0.15, 0.2) is 42.5 Å². The van der Waals surface area contributed by atoms with Crippen LogP contribution < -0.4 is 10.6 Å². The van der Waals surface area contributed by atoms with Crippen LogP contribution in [-0.4, -0.2) is 28.7 Å². The third-order valence-electron chi connectivity index (χ3n) is 6.70. The van der Waals surface area contributed by atoms with Crippen molar-refractivity contribution in [1.82, 2.24) is 10.2 Å². The highest BCUT2D eigenvalue weighted by Crippen LogP contribution is 2.55. The molecule has 8 heteroatoms. The maximum Gasteiger partial charge on any atom is 0.250 e. The van der Waals surface area contributed by atoms with E-state index in [9.17, 15) is 18.8 Å². The van der Waals surface area contributed by atoms with Crippen LogP contribution in [0.1, 0.15) is 25.0 Å². The van der Waals surface area contributed by atoms with Crippen molar-refractivity contribution in [1.29, 1.82) is 0 Å². The van der Waals surface area contributed by atoms with Gasteiger partial charge in [0.25, 0.3) is 0 Å². The van der Waals surface area contributed by atoms with Crippen LogP contribution in [-0.2, 0) is 26.5 Å². The Morgan fingerprint density at radius 2 is 1.81 bits per heavy atom. The van der Waals surface area contributed by atoms with Crippen LogP contribution in [0.3, 0.4) is 0 Å². The van der Waals surface area contributed by atoms with Crippen LogP contribution in [0, 0.1) is 23.6 Å². The summed E-state index contributed by atoms with van der Waals surface area (Å²) >= 11 is 6.32. The number of nitrogens with zero attached hydrogens (tertiary/aromatic N) is 1. The number of amides is 3. The highest BCUT2D eigenvalue weighted by Gasteiger charge is 2.70. The Morgan fingerprint density at radius 3 is 2.48 bits per heavy atom. The van der Waals surface area contributed by atoms with Gasteiger partial charge >= 0.3 is 0 Å². The van der Waals surface area contributed by atoms with E-state index in [1.54, 1.807) is 30.3 Å². The van der Waals surface area contributed by atoms with E-state index >= 15 is 0 Å².